The largest absolute Gasteiger partial charge is 0.476 e. The van der Waals surface area contributed by atoms with Gasteiger partial charge in [0.1, 0.15) is 6.61 Å². The Morgan fingerprint density at radius 1 is 1.14 bits per heavy atom. The summed E-state index contributed by atoms with van der Waals surface area (Å²) in [5.41, 5.74) is 0.604. The van der Waals surface area contributed by atoms with Gasteiger partial charge >= 0.3 is 6.01 Å². The molecule has 0 fully saturated rings. The first-order valence-corrected chi connectivity index (χ1v) is 10.0. The van der Waals surface area contributed by atoms with Crippen LogP contribution in [0, 0.1) is 0 Å². The van der Waals surface area contributed by atoms with Gasteiger partial charge in [0.2, 0.25) is 11.4 Å². The highest BCUT2D eigenvalue weighted by molar-refractivity contribution is 7.80. The highest BCUT2D eigenvalue weighted by Gasteiger charge is 2.14. The summed E-state index contributed by atoms with van der Waals surface area (Å²) in [5, 5.41) is 2.19. The maximum atomic E-state index is 6.04. The molecule has 3 rings (SSSR count). The molecule has 0 bridgehead atoms. The minimum absolute atomic E-state index is 0.298. The second-order valence-corrected chi connectivity index (χ2v) is 6.99. The van der Waals surface area contributed by atoms with Crippen LogP contribution in [-0.2, 0) is 6.42 Å². The summed E-state index contributed by atoms with van der Waals surface area (Å²) in [6, 6.07) is 12.4. The van der Waals surface area contributed by atoms with Gasteiger partial charge in [-0.1, -0.05) is 31.5 Å². The minimum atomic E-state index is -0.466. The van der Waals surface area contributed by atoms with Crippen molar-refractivity contribution in [1.82, 2.24) is 19.9 Å². The smallest absolute Gasteiger partial charge is 0.318 e. The van der Waals surface area contributed by atoms with Crippen LogP contribution < -0.4 is 9.47 Å². The lowest BCUT2D eigenvalue weighted by atomic mass is 10.1. The highest BCUT2D eigenvalue weighted by Crippen LogP contribution is 2.25. The number of hydrogen-bond donors (Lipinski definition) is 1. The molecule has 2 aromatic heterocycles. The predicted octanol–water partition coefficient (Wildman–Crippen LogP) is 3.97. The Morgan fingerprint density at radius 2 is 1.93 bits per heavy atom. The van der Waals surface area contributed by atoms with Gasteiger partial charge in [-0.3, -0.25) is 4.90 Å². The zero-order chi connectivity index (χ0) is 19.8. The molecule has 0 spiro atoms. The van der Waals surface area contributed by atoms with E-state index in [0.717, 1.165) is 35.7 Å². The summed E-state index contributed by atoms with van der Waals surface area (Å²) in [6.07, 6.45) is 6.49. The number of nitrogens with zero attached hydrogens (tertiary/aromatic N) is 4. The van der Waals surface area contributed by atoms with Crippen molar-refractivity contribution < 1.29 is 9.47 Å². The van der Waals surface area contributed by atoms with Crippen LogP contribution in [0.4, 0.5) is 0 Å². The number of hydrogen-bond acceptors (Lipinski definition) is 7. The molecule has 1 unspecified atom stereocenters. The number of pyridine rings is 1. The number of fused-ring (bicyclic) bond motifs is 1. The molecular formula is C21H26N4O2S. The standard InChI is InChI=1S/C21H26N4O2S/c1-3-4-9-17-15-16-8-5-6-10-18(16)19(24-17)26-14-13-25(2)21(28)27-20-22-11-7-12-23-20/h5-8,10-12,15,21,28H,3-4,9,13-14H2,1-2H3. The summed E-state index contributed by atoms with van der Waals surface area (Å²) >= 11 is 4.46. The zero-order valence-electron chi connectivity index (χ0n) is 16.3. The van der Waals surface area contributed by atoms with Crippen molar-refractivity contribution in [3.05, 3.63) is 54.5 Å². The fourth-order valence-corrected chi connectivity index (χ4v) is 2.95. The molecule has 0 aliphatic heterocycles. The van der Waals surface area contributed by atoms with Crippen molar-refractivity contribution in [2.75, 3.05) is 20.2 Å². The SMILES string of the molecule is CCCCc1cc2ccccc2c(OCCN(C)C(S)Oc2ncccn2)n1. The quantitative estimate of drug-likeness (QED) is 0.412. The van der Waals surface area contributed by atoms with Gasteiger partial charge in [-0.25, -0.2) is 15.0 Å². The molecule has 6 nitrogen and oxygen atoms in total. The molecule has 0 saturated carbocycles. The maximum absolute atomic E-state index is 6.04. The highest BCUT2D eigenvalue weighted by atomic mass is 32.1. The summed E-state index contributed by atoms with van der Waals surface area (Å²) < 4.78 is 11.6. The first-order chi connectivity index (χ1) is 13.7. The van der Waals surface area contributed by atoms with Gasteiger partial charge in [0, 0.05) is 30.0 Å². The van der Waals surface area contributed by atoms with E-state index in [1.165, 1.54) is 0 Å². The molecule has 7 heteroatoms. The average molecular weight is 399 g/mol. The summed E-state index contributed by atoms with van der Waals surface area (Å²) in [6.45, 7) is 3.28. The van der Waals surface area contributed by atoms with Crippen molar-refractivity contribution in [2.24, 2.45) is 0 Å². The molecule has 0 aliphatic rings. The van der Waals surface area contributed by atoms with Crippen molar-refractivity contribution in [3.8, 4) is 11.9 Å². The summed E-state index contributed by atoms with van der Waals surface area (Å²) in [5.74, 6) is 0.681. The fraction of sp³-hybridized carbons (Fsp3) is 0.381. The molecule has 0 radical (unpaired) electrons. The number of thiol groups is 1. The molecule has 28 heavy (non-hydrogen) atoms. The lowest BCUT2D eigenvalue weighted by molar-refractivity contribution is 0.0972. The Morgan fingerprint density at radius 3 is 2.71 bits per heavy atom. The number of aromatic nitrogens is 3. The second-order valence-electron chi connectivity index (χ2n) is 6.55. The van der Waals surface area contributed by atoms with E-state index in [9.17, 15) is 0 Å². The van der Waals surface area contributed by atoms with Gasteiger partial charge in [-0.05, 0) is 43.5 Å². The first-order valence-electron chi connectivity index (χ1n) is 9.51. The van der Waals surface area contributed by atoms with Crippen molar-refractivity contribution in [1.29, 1.82) is 0 Å². The third kappa shape index (κ3) is 5.56. The Kier molecular flexibility index (Phi) is 7.45. The van der Waals surface area contributed by atoms with Gasteiger partial charge in [0.25, 0.3) is 0 Å². The Labute approximate surface area is 171 Å². The van der Waals surface area contributed by atoms with E-state index < -0.39 is 5.56 Å². The zero-order valence-corrected chi connectivity index (χ0v) is 17.2. The monoisotopic (exact) mass is 398 g/mol. The van der Waals surface area contributed by atoms with Gasteiger partial charge in [0.15, 0.2) is 0 Å². The van der Waals surface area contributed by atoms with Gasteiger partial charge in [-0.15, -0.1) is 12.6 Å². The van der Waals surface area contributed by atoms with Crippen molar-refractivity contribution >= 4 is 23.4 Å². The predicted molar refractivity (Wildman–Crippen MR) is 114 cm³/mol. The van der Waals surface area contributed by atoms with E-state index in [2.05, 4.69) is 41.7 Å². The molecule has 0 amide bonds. The topological polar surface area (TPSA) is 60.4 Å². The molecule has 0 aliphatic carbocycles. The van der Waals surface area contributed by atoms with Crippen LogP contribution in [0.5, 0.6) is 11.9 Å². The first kappa shape index (κ1) is 20.4. The number of ether oxygens (including phenoxy) is 2. The van der Waals surface area contributed by atoms with E-state index in [1.807, 2.05) is 30.1 Å². The van der Waals surface area contributed by atoms with Crippen LogP contribution in [0.15, 0.2) is 48.8 Å². The lowest BCUT2D eigenvalue weighted by Crippen LogP contribution is -2.35. The van der Waals surface area contributed by atoms with Crippen LogP contribution in [0.25, 0.3) is 10.8 Å². The van der Waals surface area contributed by atoms with E-state index in [-0.39, 0.29) is 0 Å². The van der Waals surface area contributed by atoms with E-state index in [4.69, 9.17) is 14.5 Å². The van der Waals surface area contributed by atoms with Crippen LogP contribution in [-0.4, -0.2) is 45.6 Å². The van der Waals surface area contributed by atoms with E-state index in [0.29, 0.717) is 25.0 Å². The average Bonchev–Trinajstić information content (AvgIpc) is 2.72. The number of likely N-dealkylation sites (N-methyl/N-ethyl adjacent to an activating group) is 1. The molecule has 0 saturated heterocycles. The van der Waals surface area contributed by atoms with E-state index in [1.54, 1.807) is 18.5 Å². The third-order valence-electron chi connectivity index (χ3n) is 4.36. The molecular weight excluding hydrogens is 372 g/mol. The van der Waals surface area contributed by atoms with Gasteiger partial charge in [0.05, 0.1) is 0 Å². The summed E-state index contributed by atoms with van der Waals surface area (Å²) in [4.78, 5) is 14.8. The van der Waals surface area contributed by atoms with Crippen LogP contribution in [0.3, 0.4) is 0 Å². The van der Waals surface area contributed by atoms with E-state index >= 15 is 0 Å². The normalized spacial score (nSPS) is 12.3. The second kappa shape index (κ2) is 10.2. The number of unbranched alkanes of at least 4 members (excludes halogenated alkanes) is 1. The Balaban J connectivity index is 1.61. The maximum Gasteiger partial charge on any atom is 0.318 e. The van der Waals surface area contributed by atoms with Gasteiger partial charge in [-0.2, -0.15) is 0 Å². The number of rotatable bonds is 10. The van der Waals surface area contributed by atoms with Crippen LogP contribution >= 0.6 is 12.6 Å². The number of aryl methyl sites for hydroxylation is 1. The van der Waals surface area contributed by atoms with Crippen molar-refractivity contribution in [2.45, 2.75) is 31.7 Å². The van der Waals surface area contributed by atoms with Crippen LogP contribution in [0.1, 0.15) is 25.5 Å². The minimum Gasteiger partial charge on any atom is -0.476 e. The third-order valence-corrected chi connectivity index (χ3v) is 4.86. The fourth-order valence-electron chi connectivity index (χ4n) is 2.74. The summed E-state index contributed by atoms with van der Waals surface area (Å²) in [7, 11) is 1.91. The number of benzene rings is 1. The Hall–Kier alpha value is -2.38. The molecule has 1 atom stereocenters. The lowest BCUT2D eigenvalue weighted by Gasteiger charge is -2.23. The molecule has 3 aromatic rings. The van der Waals surface area contributed by atoms with Crippen LogP contribution in [0.2, 0.25) is 0 Å². The molecule has 148 valence electrons. The van der Waals surface area contributed by atoms with Crippen molar-refractivity contribution in [3.63, 3.8) is 0 Å². The van der Waals surface area contributed by atoms with Gasteiger partial charge < -0.3 is 9.47 Å². The molecule has 1 aromatic carbocycles. The molecule has 2 heterocycles. The molecule has 0 N–H and O–H groups in total. The Bertz CT molecular complexity index is 879.